The maximum atomic E-state index is 10.9. The Hall–Kier alpha value is -2.99. The van der Waals surface area contributed by atoms with Crippen LogP contribution in [0.1, 0.15) is 0 Å². The molecule has 1 heterocycles. The van der Waals surface area contributed by atoms with Gasteiger partial charge < -0.3 is 25.4 Å². The molecular formula is C6H9N7O6. The van der Waals surface area contributed by atoms with E-state index in [1.54, 1.807) is 0 Å². The second-order valence-electron chi connectivity index (χ2n) is 3.31. The normalized spacial score (nSPS) is 11.2. The Morgan fingerprint density at radius 1 is 1.37 bits per heavy atom. The molecule has 13 heteroatoms. The zero-order valence-electron chi connectivity index (χ0n) is 9.86. The zero-order chi connectivity index (χ0) is 14.6. The molecule has 0 atom stereocenters. The fourth-order valence-electron chi connectivity index (χ4n) is 0.928. The molecule has 0 amide bonds. The summed E-state index contributed by atoms with van der Waals surface area (Å²) in [5.41, 5.74) is 0. The lowest BCUT2D eigenvalue weighted by atomic mass is 10.6. The summed E-state index contributed by atoms with van der Waals surface area (Å²) < 4.78 is 0.602. The van der Waals surface area contributed by atoms with Gasteiger partial charge in [0.15, 0.2) is 5.10 Å². The summed E-state index contributed by atoms with van der Waals surface area (Å²) in [6.45, 7) is -0.614. The van der Waals surface area contributed by atoms with Crippen LogP contribution in [-0.4, -0.2) is 43.7 Å². The minimum atomic E-state index is -0.889. The van der Waals surface area contributed by atoms with Crippen LogP contribution in [0, 0.1) is 25.4 Å². The number of nitrogens with zero attached hydrogens (tertiary/aromatic N) is 7. The van der Waals surface area contributed by atoms with Gasteiger partial charge in [-0.15, -0.1) is 0 Å². The second kappa shape index (κ2) is 5.56. The molecule has 0 aliphatic rings. The molecule has 1 aromatic rings. The largest absolute Gasteiger partial charge is 0.569 e. The minimum Gasteiger partial charge on any atom is -0.569 e. The lowest BCUT2D eigenvalue weighted by Crippen LogP contribution is -2.21. The fraction of sp³-hybridized carbons (Fsp3) is 0.500. The number of hydrogen-bond acceptors (Lipinski definition) is 8. The first-order chi connectivity index (χ1) is 8.82. The van der Waals surface area contributed by atoms with Gasteiger partial charge in [0.1, 0.15) is 6.07 Å². The number of rotatable bonds is 6. The molecule has 0 bridgehead atoms. The Morgan fingerprint density at radius 3 is 2.47 bits per heavy atom. The molecule has 0 unspecified atom stereocenters. The van der Waals surface area contributed by atoms with Crippen molar-refractivity contribution in [3.8, 4) is 0 Å². The van der Waals surface area contributed by atoms with Crippen molar-refractivity contribution in [3.05, 3.63) is 31.5 Å². The molecule has 1 aromatic heterocycles. The Balaban J connectivity index is 2.85. The predicted molar refractivity (Wildman–Crippen MR) is 56.4 cm³/mol. The van der Waals surface area contributed by atoms with Gasteiger partial charge in [0.2, 0.25) is 5.28 Å². The van der Waals surface area contributed by atoms with Crippen LogP contribution in [0.15, 0.2) is 11.3 Å². The van der Waals surface area contributed by atoms with Gasteiger partial charge in [-0.2, -0.15) is 5.01 Å². The van der Waals surface area contributed by atoms with Crippen LogP contribution in [-0.2, 0) is 11.6 Å². The van der Waals surface area contributed by atoms with E-state index in [0.29, 0.717) is 10.7 Å². The highest BCUT2D eigenvalue weighted by Crippen LogP contribution is 2.18. The standard InChI is InChI=1S/C6H9N7O6/c1-9(2)13(18)8-19-4-10-6(12(16)17)3-5(7-10)11(14)15/h3H,4H2,1-2H3. The first kappa shape index (κ1) is 14.1. The lowest BCUT2D eigenvalue weighted by Gasteiger charge is -2.04. The van der Waals surface area contributed by atoms with E-state index in [4.69, 9.17) is 0 Å². The van der Waals surface area contributed by atoms with Gasteiger partial charge in [-0.25, -0.2) is 0 Å². The molecule has 1 rings (SSSR count). The van der Waals surface area contributed by atoms with Crippen molar-refractivity contribution in [1.82, 2.24) is 14.8 Å². The van der Waals surface area contributed by atoms with Crippen LogP contribution in [0.25, 0.3) is 0 Å². The molecule has 0 saturated heterocycles. The third kappa shape index (κ3) is 3.48. The molecule has 0 fully saturated rings. The van der Waals surface area contributed by atoms with Crippen molar-refractivity contribution in [2.45, 2.75) is 6.73 Å². The summed E-state index contributed by atoms with van der Waals surface area (Å²) >= 11 is 0. The summed E-state index contributed by atoms with van der Waals surface area (Å²) in [6.07, 6.45) is 0. The quantitative estimate of drug-likeness (QED) is 0.304. The molecule has 0 saturated carbocycles. The number of hydrogen-bond donors (Lipinski definition) is 0. The summed E-state index contributed by atoms with van der Waals surface area (Å²) in [5.74, 6) is -1.36. The average molecular weight is 275 g/mol. The van der Waals surface area contributed by atoms with Crippen molar-refractivity contribution in [3.63, 3.8) is 0 Å². The molecule has 0 radical (unpaired) electrons. The first-order valence-electron chi connectivity index (χ1n) is 4.67. The van der Waals surface area contributed by atoms with E-state index in [1.807, 2.05) is 0 Å². The van der Waals surface area contributed by atoms with E-state index < -0.39 is 28.2 Å². The maximum absolute atomic E-state index is 10.9. The summed E-state index contributed by atoms with van der Waals surface area (Å²) in [7, 11) is 2.78. The second-order valence-corrected chi connectivity index (χ2v) is 3.31. The average Bonchev–Trinajstić information content (AvgIpc) is 2.73. The van der Waals surface area contributed by atoms with Gasteiger partial charge in [-0.1, -0.05) is 0 Å². The van der Waals surface area contributed by atoms with Gasteiger partial charge in [0.05, 0.1) is 19.1 Å². The number of aromatic nitrogens is 2. The van der Waals surface area contributed by atoms with Crippen molar-refractivity contribution >= 4 is 11.6 Å². The smallest absolute Gasteiger partial charge is 0.420 e. The van der Waals surface area contributed by atoms with Gasteiger partial charge in [-0.3, -0.25) is 4.84 Å². The van der Waals surface area contributed by atoms with Crippen molar-refractivity contribution in [2.75, 3.05) is 14.1 Å². The Morgan fingerprint density at radius 2 is 2.00 bits per heavy atom. The topological polar surface area (TPSA) is 155 Å². The Labute approximate surface area is 105 Å². The summed E-state index contributed by atoms with van der Waals surface area (Å²) in [4.78, 5) is 23.9. The molecule has 13 nitrogen and oxygen atoms in total. The molecule has 0 N–H and O–H groups in total. The maximum Gasteiger partial charge on any atom is 0.420 e. The van der Waals surface area contributed by atoms with Crippen LogP contribution in [0.2, 0.25) is 0 Å². The SMILES string of the molecule is CN(C)[N+]([O-])=NOCn1nc([N+](=O)[O-])cc1[N+](=O)[O-]. The molecule has 19 heavy (non-hydrogen) atoms. The first-order valence-corrected chi connectivity index (χ1v) is 4.67. The van der Waals surface area contributed by atoms with Crippen LogP contribution in [0.4, 0.5) is 11.6 Å². The monoisotopic (exact) mass is 275 g/mol. The van der Waals surface area contributed by atoms with Gasteiger partial charge in [0.25, 0.3) is 0 Å². The molecular weight excluding hydrogens is 266 g/mol. The van der Waals surface area contributed by atoms with Crippen LogP contribution in [0.5, 0.6) is 0 Å². The number of nitro groups is 2. The highest BCUT2D eigenvalue weighted by Gasteiger charge is 2.28. The lowest BCUT2D eigenvalue weighted by molar-refractivity contribution is -0.700. The third-order valence-electron chi connectivity index (χ3n) is 1.77. The van der Waals surface area contributed by atoms with E-state index in [2.05, 4.69) is 15.2 Å². The third-order valence-corrected chi connectivity index (χ3v) is 1.77. The van der Waals surface area contributed by atoms with E-state index in [1.165, 1.54) is 14.1 Å². The van der Waals surface area contributed by atoms with Gasteiger partial charge in [0, 0.05) is 4.68 Å². The van der Waals surface area contributed by atoms with Crippen LogP contribution in [0.3, 0.4) is 0 Å². The van der Waals surface area contributed by atoms with E-state index in [9.17, 15) is 25.4 Å². The highest BCUT2D eigenvalue weighted by molar-refractivity contribution is 5.31. The van der Waals surface area contributed by atoms with Crippen molar-refractivity contribution in [1.29, 1.82) is 0 Å². The zero-order valence-corrected chi connectivity index (χ0v) is 9.86. The van der Waals surface area contributed by atoms with E-state index in [0.717, 1.165) is 5.01 Å². The summed E-state index contributed by atoms with van der Waals surface area (Å²) in [5, 5.41) is 39.4. The van der Waals surface area contributed by atoms with Crippen LogP contribution < -0.4 is 0 Å². The Kier molecular flexibility index (Phi) is 4.12. The molecule has 0 aliphatic heterocycles. The van der Waals surface area contributed by atoms with Crippen molar-refractivity contribution in [2.24, 2.45) is 5.28 Å². The van der Waals surface area contributed by atoms with Gasteiger partial charge in [-0.05, 0) is 9.85 Å². The van der Waals surface area contributed by atoms with Crippen LogP contribution >= 0.6 is 0 Å². The fourth-order valence-corrected chi connectivity index (χ4v) is 0.928. The predicted octanol–water partition coefficient (Wildman–Crippen LogP) is 0.0277. The van der Waals surface area contributed by atoms with Crippen molar-refractivity contribution < 1.29 is 19.7 Å². The van der Waals surface area contributed by atoms with E-state index in [-0.39, 0.29) is 4.97 Å². The highest BCUT2D eigenvalue weighted by atomic mass is 16.7. The van der Waals surface area contributed by atoms with Gasteiger partial charge >= 0.3 is 18.4 Å². The molecule has 0 aromatic carbocycles. The number of hydrazine groups is 1. The molecule has 0 spiro atoms. The molecule has 104 valence electrons. The minimum absolute atomic E-state index is 0.0732. The molecule has 0 aliphatic carbocycles. The Bertz CT molecular complexity index is 522. The van der Waals surface area contributed by atoms with E-state index >= 15 is 0 Å². The summed E-state index contributed by atoms with van der Waals surface area (Å²) in [6, 6.07) is 0.671.